The van der Waals surface area contributed by atoms with Crippen LogP contribution >= 0.6 is 0 Å². The third-order valence-electron chi connectivity index (χ3n) is 5.06. The highest BCUT2D eigenvalue weighted by Crippen LogP contribution is 2.34. The molecule has 1 N–H and O–H groups in total. The summed E-state index contributed by atoms with van der Waals surface area (Å²) in [6, 6.07) is 9.56. The van der Waals surface area contributed by atoms with Crippen LogP contribution in [0.15, 0.2) is 53.3 Å². The number of oxazole rings is 1. The molecule has 0 aliphatic rings. The minimum Gasteiger partial charge on any atom is -0.466 e. The lowest BCUT2D eigenvalue weighted by molar-refractivity contribution is -0.143. The van der Waals surface area contributed by atoms with E-state index in [1.54, 1.807) is 24.0 Å². The lowest BCUT2D eigenvalue weighted by Gasteiger charge is -2.22. The molecule has 0 spiro atoms. The van der Waals surface area contributed by atoms with Crippen molar-refractivity contribution in [2.24, 2.45) is 0 Å². The molecule has 172 valence electrons. The van der Waals surface area contributed by atoms with E-state index in [1.165, 1.54) is 0 Å². The number of fused-ring (bicyclic) bond motifs is 1. The molecule has 0 aliphatic carbocycles. The minimum atomic E-state index is -0.237. The molecule has 33 heavy (non-hydrogen) atoms. The van der Waals surface area contributed by atoms with Gasteiger partial charge in [-0.1, -0.05) is 12.1 Å². The zero-order valence-electron chi connectivity index (χ0n) is 19.6. The highest BCUT2D eigenvalue weighted by atomic mass is 16.5. The van der Waals surface area contributed by atoms with Gasteiger partial charge in [0.15, 0.2) is 5.58 Å². The van der Waals surface area contributed by atoms with E-state index in [-0.39, 0.29) is 24.0 Å². The van der Waals surface area contributed by atoms with E-state index in [9.17, 15) is 4.79 Å². The van der Waals surface area contributed by atoms with Crippen molar-refractivity contribution in [3.05, 3.63) is 48.9 Å². The van der Waals surface area contributed by atoms with Gasteiger partial charge in [-0.25, -0.2) is 9.97 Å². The summed E-state index contributed by atoms with van der Waals surface area (Å²) in [6.07, 6.45) is 5.74. The summed E-state index contributed by atoms with van der Waals surface area (Å²) in [6.45, 7) is 10.3. The first-order valence-corrected chi connectivity index (χ1v) is 11.1. The molecule has 3 aromatic heterocycles. The molecule has 1 aromatic carbocycles. The lowest BCUT2D eigenvalue weighted by Crippen LogP contribution is -2.27. The van der Waals surface area contributed by atoms with Crippen molar-refractivity contribution in [2.75, 3.05) is 11.9 Å². The van der Waals surface area contributed by atoms with Gasteiger partial charge in [0.2, 0.25) is 5.89 Å². The fraction of sp³-hybridized carbons (Fsp3) is 0.360. The number of pyridine rings is 1. The van der Waals surface area contributed by atoms with Crippen molar-refractivity contribution < 1.29 is 13.9 Å². The molecule has 1 unspecified atom stereocenters. The molecule has 8 heteroatoms. The standard InChI is InChI=1S/C25H29N5O3/c1-6-32-22(31)11-16(2)30-15-18(14-27-30)17-12-19(23(26-13-17)29-25(3,4)5)24-28-20-9-7-8-10-21(20)33-24/h7-10,12-16H,6,11H2,1-5H3,(H,26,29). The first-order valence-electron chi connectivity index (χ1n) is 11.1. The van der Waals surface area contributed by atoms with Crippen LogP contribution in [-0.2, 0) is 9.53 Å². The molecule has 0 aliphatic heterocycles. The summed E-state index contributed by atoms with van der Waals surface area (Å²) in [5.41, 5.74) is 3.86. The van der Waals surface area contributed by atoms with Gasteiger partial charge in [0.05, 0.1) is 30.8 Å². The monoisotopic (exact) mass is 447 g/mol. The zero-order valence-corrected chi connectivity index (χ0v) is 19.6. The predicted octanol–water partition coefficient (Wildman–Crippen LogP) is 5.48. The first kappa shape index (κ1) is 22.5. The number of benzene rings is 1. The van der Waals surface area contributed by atoms with Crippen LogP contribution in [0.1, 0.15) is 47.1 Å². The van der Waals surface area contributed by atoms with Crippen LogP contribution in [0.3, 0.4) is 0 Å². The summed E-state index contributed by atoms with van der Waals surface area (Å²) >= 11 is 0. The van der Waals surface area contributed by atoms with Crippen molar-refractivity contribution in [3.63, 3.8) is 0 Å². The van der Waals surface area contributed by atoms with Crippen molar-refractivity contribution in [1.82, 2.24) is 19.7 Å². The van der Waals surface area contributed by atoms with Crippen LogP contribution in [-0.4, -0.2) is 37.9 Å². The molecule has 0 radical (unpaired) electrons. The Balaban J connectivity index is 1.70. The molecule has 4 rings (SSSR count). The van der Waals surface area contributed by atoms with Crippen molar-refractivity contribution in [3.8, 4) is 22.6 Å². The Morgan fingerprint density at radius 3 is 2.73 bits per heavy atom. The zero-order chi connectivity index (χ0) is 23.6. The Morgan fingerprint density at radius 1 is 1.21 bits per heavy atom. The molecule has 0 saturated carbocycles. The number of esters is 1. The van der Waals surface area contributed by atoms with E-state index >= 15 is 0 Å². The summed E-state index contributed by atoms with van der Waals surface area (Å²) in [5, 5.41) is 7.90. The van der Waals surface area contributed by atoms with Gasteiger partial charge in [0, 0.05) is 29.1 Å². The fourth-order valence-corrected chi connectivity index (χ4v) is 3.51. The van der Waals surface area contributed by atoms with Gasteiger partial charge in [0.1, 0.15) is 11.3 Å². The number of carbonyl (C=O) groups is 1. The number of nitrogens with zero attached hydrogens (tertiary/aromatic N) is 4. The molecule has 0 fully saturated rings. The van der Waals surface area contributed by atoms with E-state index in [4.69, 9.17) is 14.1 Å². The SMILES string of the molecule is CCOC(=O)CC(C)n1cc(-c2cnc(NC(C)(C)C)c(-c3nc4ccccc4o3)c2)cn1. The lowest BCUT2D eigenvalue weighted by atomic mass is 10.1. The summed E-state index contributed by atoms with van der Waals surface area (Å²) in [5.74, 6) is 0.959. The first-order chi connectivity index (χ1) is 15.7. The second-order valence-corrected chi connectivity index (χ2v) is 9.05. The number of hydrogen-bond donors (Lipinski definition) is 1. The van der Waals surface area contributed by atoms with Gasteiger partial charge < -0.3 is 14.5 Å². The number of anilines is 1. The average molecular weight is 448 g/mol. The Hall–Kier alpha value is -3.68. The number of aromatic nitrogens is 4. The molecule has 0 amide bonds. The summed E-state index contributed by atoms with van der Waals surface area (Å²) in [7, 11) is 0. The maximum absolute atomic E-state index is 11.8. The Labute approximate surface area is 193 Å². The van der Waals surface area contributed by atoms with Crippen LogP contribution in [0.5, 0.6) is 0 Å². The maximum atomic E-state index is 11.8. The number of ether oxygens (including phenoxy) is 1. The average Bonchev–Trinajstić information content (AvgIpc) is 3.40. The third-order valence-corrected chi connectivity index (χ3v) is 5.06. The normalized spacial score (nSPS) is 12.6. The summed E-state index contributed by atoms with van der Waals surface area (Å²) < 4.78 is 12.9. The highest BCUT2D eigenvalue weighted by Gasteiger charge is 2.20. The van der Waals surface area contributed by atoms with Crippen molar-refractivity contribution in [2.45, 2.75) is 52.6 Å². The van der Waals surface area contributed by atoms with Crippen molar-refractivity contribution in [1.29, 1.82) is 0 Å². The van der Waals surface area contributed by atoms with Crippen LogP contribution in [0.2, 0.25) is 0 Å². The van der Waals surface area contributed by atoms with Gasteiger partial charge in [-0.3, -0.25) is 9.48 Å². The van der Waals surface area contributed by atoms with Gasteiger partial charge in [0.25, 0.3) is 0 Å². The number of para-hydroxylation sites is 2. The number of rotatable bonds is 7. The smallest absolute Gasteiger partial charge is 0.307 e. The number of carbonyl (C=O) groups excluding carboxylic acids is 1. The van der Waals surface area contributed by atoms with Gasteiger partial charge >= 0.3 is 5.97 Å². The van der Waals surface area contributed by atoms with E-state index < -0.39 is 0 Å². The van der Waals surface area contributed by atoms with Crippen LogP contribution < -0.4 is 5.32 Å². The van der Waals surface area contributed by atoms with Gasteiger partial charge in [-0.15, -0.1) is 0 Å². The van der Waals surface area contributed by atoms with Gasteiger partial charge in [-0.2, -0.15) is 5.10 Å². The number of hydrogen-bond acceptors (Lipinski definition) is 7. The van der Waals surface area contributed by atoms with Crippen LogP contribution in [0.4, 0.5) is 5.82 Å². The molecule has 1 atom stereocenters. The fourth-order valence-electron chi connectivity index (χ4n) is 3.51. The largest absolute Gasteiger partial charge is 0.466 e. The molecular formula is C25H29N5O3. The van der Waals surface area contributed by atoms with E-state index in [1.807, 2.05) is 43.5 Å². The Kier molecular flexibility index (Phi) is 6.18. The maximum Gasteiger partial charge on any atom is 0.307 e. The molecule has 4 aromatic rings. The van der Waals surface area contributed by atoms with E-state index in [2.05, 4.69) is 36.2 Å². The third kappa shape index (κ3) is 5.22. The molecule has 0 bridgehead atoms. The molecule has 8 nitrogen and oxygen atoms in total. The quantitative estimate of drug-likeness (QED) is 0.375. The van der Waals surface area contributed by atoms with Crippen LogP contribution in [0.25, 0.3) is 33.7 Å². The Bertz CT molecular complexity index is 1240. The van der Waals surface area contributed by atoms with Gasteiger partial charge in [-0.05, 0) is 52.8 Å². The highest BCUT2D eigenvalue weighted by molar-refractivity contribution is 5.81. The van der Waals surface area contributed by atoms with E-state index in [0.717, 1.165) is 27.8 Å². The summed E-state index contributed by atoms with van der Waals surface area (Å²) in [4.78, 5) is 21.2. The minimum absolute atomic E-state index is 0.121. The number of nitrogens with one attached hydrogen (secondary N) is 1. The second-order valence-electron chi connectivity index (χ2n) is 9.05. The van der Waals surface area contributed by atoms with Crippen LogP contribution in [0, 0.1) is 0 Å². The molecular weight excluding hydrogens is 418 g/mol. The van der Waals surface area contributed by atoms with Crippen molar-refractivity contribution >= 4 is 22.9 Å². The Morgan fingerprint density at radius 2 is 2.00 bits per heavy atom. The second kappa shape index (κ2) is 9.05. The topological polar surface area (TPSA) is 95.1 Å². The predicted molar refractivity (Wildman–Crippen MR) is 128 cm³/mol. The molecule has 0 saturated heterocycles. The molecule has 3 heterocycles. The van der Waals surface area contributed by atoms with E-state index in [0.29, 0.717) is 18.3 Å².